The molecule has 0 radical (unpaired) electrons. The predicted octanol–water partition coefficient (Wildman–Crippen LogP) is 3.27. The van der Waals surface area contributed by atoms with Crippen molar-refractivity contribution in [3.63, 3.8) is 0 Å². The Bertz CT molecular complexity index is 960. The first kappa shape index (κ1) is 19.2. The van der Waals surface area contributed by atoms with E-state index in [0.717, 1.165) is 21.3 Å². The van der Waals surface area contributed by atoms with E-state index in [4.69, 9.17) is 4.74 Å². The van der Waals surface area contributed by atoms with Crippen molar-refractivity contribution in [1.82, 2.24) is 15.3 Å². The van der Waals surface area contributed by atoms with Gasteiger partial charge in [0.05, 0.1) is 17.7 Å². The SMILES string of the molecule is CCOC(=O)CNC(=O)CSc1ncnc2scc(-c3ccc(F)cc3)c12. The minimum atomic E-state index is -0.475. The van der Waals surface area contributed by atoms with Crippen molar-refractivity contribution in [3.8, 4) is 11.1 Å². The second-order valence-electron chi connectivity index (χ2n) is 5.39. The zero-order valence-corrected chi connectivity index (χ0v) is 16.0. The molecule has 3 aromatic rings. The second-order valence-corrected chi connectivity index (χ2v) is 7.21. The van der Waals surface area contributed by atoms with Crippen molar-refractivity contribution in [2.75, 3.05) is 18.9 Å². The van der Waals surface area contributed by atoms with Gasteiger partial charge < -0.3 is 10.1 Å². The fourth-order valence-electron chi connectivity index (χ4n) is 2.37. The van der Waals surface area contributed by atoms with Crippen LogP contribution in [0.2, 0.25) is 0 Å². The average molecular weight is 405 g/mol. The number of ether oxygens (including phenoxy) is 1. The van der Waals surface area contributed by atoms with E-state index < -0.39 is 5.97 Å². The first-order valence-corrected chi connectivity index (χ1v) is 9.98. The van der Waals surface area contributed by atoms with Crippen LogP contribution in [0, 0.1) is 5.82 Å². The van der Waals surface area contributed by atoms with Gasteiger partial charge in [0.2, 0.25) is 5.91 Å². The maximum absolute atomic E-state index is 13.2. The highest BCUT2D eigenvalue weighted by molar-refractivity contribution is 8.00. The molecule has 2 heterocycles. The molecule has 3 rings (SSSR count). The van der Waals surface area contributed by atoms with E-state index in [2.05, 4.69) is 15.3 Å². The van der Waals surface area contributed by atoms with Crippen LogP contribution < -0.4 is 5.32 Å². The quantitative estimate of drug-likeness (QED) is 0.369. The molecule has 0 unspecified atom stereocenters. The number of thioether (sulfide) groups is 1. The van der Waals surface area contributed by atoms with Gasteiger partial charge in [0, 0.05) is 10.9 Å². The van der Waals surface area contributed by atoms with E-state index in [0.29, 0.717) is 5.03 Å². The number of carbonyl (C=O) groups excluding carboxylic acids is 2. The lowest BCUT2D eigenvalue weighted by atomic mass is 10.1. The van der Waals surface area contributed by atoms with Crippen LogP contribution in [0.25, 0.3) is 21.3 Å². The lowest BCUT2D eigenvalue weighted by Gasteiger charge is -2.06. The molecule has 0 aliphatic carbocycles. The Balaban J connectivity index is 1.75. The van der Waals surface area contributed by atoms with Crippen LogP contribution in [0.5, 0.6) is 0 Å². The average Bonchev–Trinajstić information content (AvgIpc) is 3.10. The first-order valence-electron chi connectivity index (χ1n) is 8.11. The topological polar surface area (TPSA) is 81.2 Å². The molecule has 0 spiro atoms. The highest BCUT2D eigenvalue weighted by atomic mass is 32.2. The number of aromatic nitrogens is 2. The van der Waals surface area contributed by atoms with Crippen molar-refractivity contribution >= 4 is 45.2 Å². The van der Waals surface area contributed by atoms with Gasteiger partial charge >= 0.3 is 5.97 Å². The van der Waals surface area contributed by atoms with E-state index >= 15 is 0 Å². The number of fused-ring (bicyclic) bond motifs is 1. The van der Waals surface area contributed by atoms with Crippen LogP contribution >= 0.6 is 23.1 Å². The van der Waals surface area contributed by atoms with Crippen molar-refractivity contribution in [2.45, 2.75) is 11.9 Å². The maximum Gasteiger partial charge on any atom is 0.325 e. The molecular weight excluding hydrogens is 389 g/mol. The lowest BCUT2D eigenvalue weighted by Crippen LogP contribution is -2.31. The molecule has 0 saturated carbocycles. The van der Waals surface area contributed by atoms with Crippen molar-refractivity contribution < 1.29 is 18.7 Å². The molecule has 1 amide bonds. The largest absolute Gasteiger partial charge is 0.465 e. The number of hydrogen-bond acceptors (Lipinski definition) is 7. The molecule has 0 fully saturated rings. The molecule has 0 aliphatic rings. The van der Waals surface area contributed by atoms with Crippen LogP contribution in [-0.2, 0) is 14.3 Å². The highest BCUT2D eigenvalue weighted by Crippen LogP contribution is 2.37. The van der Waals surface area contributed by atoms with Gasteiger partial charge in [0.1, 0.15) is 28.5 Å². The molecule has 0 bridgehead atoms. The standard InChI is InChI=1S/C18H16FN3O3S2/c1-2-25-15(24)7-20-14(23)9-27-18-16-13(8-26-17(16)21-10-22-18)11-3-5-12(19)6-4-11/h3-6,8,10H,2,7,9H2,1H3,(H,20,23). The van der Waals surface area contributed by atoms with Gasteiger partial charge in [-0.1, -0.05) is 23.9 Å². The van der Waals surface area contributed by atoms with E-state index in [-0.39, 0.29) is 30.6 Å². The number of nitrogens with one attached hydrogen (secondary N) is 1. The molecule has 27 heavy (non-hydrogen) atoms. The number of thiophene rings is 1. The summed E-state index contributed by atoms with van der Waals surface area (Å²) in [5, 5.41) is 5.95. The van der Waals surface area contributed by atoms with E-state index in [1.807, 2.05) is 5.38 Å². The van der Waals surface area contributed by atoms with Gasteiger partial charge in [-0.15, -0.1) is 11.3 Å². The third-order valence-corrected chi connectivity index (χ3v) is 5.44. The summed E-state index contributed by atoms with van der Waals surface area (Å²) in [5.74, 6) is -0.970. The molecule has 0 saturated heterocycles. The van der Waals surface area contributed by atoms with Crippen molar-refractivity contribution in [2.24, 2.45) is 0 Å². The number of carbonyl (C=O) groups is 2. The molecule has 1 aromatic carbocycles. The Labute approximate surface area is 163 Å². The third kappa shape index (κ3) is 4.81. The highest BCUT2D eigenvalue weighted by Gasteiger charge is 2.15. The number of rotatable bonds is 7. The molecule has 0 aliphatic heterocycles. The van der Waals surface area contributed by atoms with E-state index in [1.165, 1.54) is 41.6 Å². The van der Waals surface area contributed by atoms with Crippen LogP contribution in [0.3, 0.4) is 0 Å². The van der Waals surface area contributed by atoms with Gasteiger partial charge in [-0.3, -0.25) is 9.59 Å². The Hall–Kier alpha value is -2.52. The predicted molar refractivity (Wildman–Crippen MR) is 103 cm³/mol. The summed E-state index contributed by atoms with van der Waals surface area (Å²) in [6.07, 6.45) is 1.45. The number of hydrogen-bond donors (Lipinski definition) is 1. The number of benzene rings is 1. The fraction of sp³-hybridized carbons (Fsp3) is 0.222. The third-order valence-electron chi connectivity index (χ3n) is 3.57. The van der Waals surface area contributed by atoms with Gasteiger partial charge in [-0.2, -0.15) is 0 Å². The van der Waals surface area contributed by atoms with Crippen LogP contribution in [0.4, 0.5) is 4.39 Å². The number of halogens is 1. The van der Waals surface area contributed by atoms with E-state index in [9.17, 15) is 14.0 Å². The molecular formula is C18H16FN3O3S2. The number of nitrogens with zero attached hydrogens (tertiary/aromatic N) is 2. The van der Waals surface area contributed by atoms with Crippen molar-refractivity contribution in [3.05, 3.63) is 41.8 Å². The lowest BCUT2D eigenvalue weighted by molar-refractivity contribution is -0.143. The summed E-state index contributed by atoms with van der Waals surface area (Å²) in [6.45, 7) is 1.81. The molecule has 6 nitrogen and oxygen atoms in total. The molecule has 2 aromatic heterocycles. The zero-order valence-electron chi connectivity index (χ0n) is 14.4. The summed E-state index contributed by atoms with van der Waals surface area (Å²) in [4.78, 5) is 32.6. The fourth-order valence-corrected chi connectivity index (χ4v) is 4.19. The van der Waals surface area contributed by atoms with Crippen LogP contribution in [-0.4, -0.2) is 40.7 Å². The Kier molecular flexibility index (Phi) is 6.36. The first-order chi connectivity index (χ1) is 13.1. The smallest absolute Gasteiger partial charge is 0.325 e. The number of amides is 1. The normalized spacial score (nSPS) is 10.7. The van der Waals surface area contributed by atoms with Gasteiger partial charge in [0.25, 0.3) is 0 Å². The van der Waals surface area contributed by atoms with E-state index in [1.54, 1.807) is 19.1 Å². The van der Waals surface area contributed by atoms with Crippen LogP contribution in [0.1, 0.15) is 6.92 Å². The van der Waals surface area contributed by atoms with Gasteiger partial charge in [0.15, 0.2) is 0 Å². The monoisotopic (exact) mass is 405 g/mol. The summed E-state index contributed by atoms with van der Waals surface area (Å²) in [7, 11) is 0. The Morgan fingerprint density at radius 2 is 2.04 bits per heavy atom. The summed E-state index contributed by atoms with van der Waals surface area (Å²) in [6, 6.07) is 6.20. The zero-order chi connectivity index (χ0) is 19.2. The van der Waals surface area contributed by atoms with Gasteiger partial charge in [-0.25, -0.2) is 14.4 Å². The molecule has 1 N–H and O–H groups in total. The second kappa shape index (κ2) is 8.92. The van der Waals surface area contributed by atoms with Crippen molar-refractivity contribution in [1.29, 1.82) is 0 Å². The summed E-state index contributed by atoms with van der Waals surface area (Å²) in [5.41, 5.74) is 1.75. The van der Waals surface area contributed by atoms with Gasteiger partial charge in [-0.05, 0) is 24.6 Å². The molecule has 140 valence electrons. The number of esters is 1. The minimum absolute atomic E-state index is 0.101. The molecule has 0 atom stereocenters. The van der Waals surface area contributed by atoms with Crippen LogP contribution in [0.15, 0.2) is 41.0 Å². The summed E-state index contributed by atoms with van der Waals surface area (Å²) < 4.78 is 18.0. The minimum Gasteiger partial charge on any atom is -0.465 e. The Morgan fingerprint density at radius 1 is 1.26 bits per heavy atom. The summed E-state index contributed by atoms with van der Waals surface area (Å²) >= 11 is 2.72. The Morgan fingerprint density at radius 3 is 2.78 bits per heavy atom. The maximum atomic E-state index is 13.2. The molecule has 9 heteroatoms.